The van der Waals surface area contributed by atoms with Gasteiger partial charge in [0.25, 0.3) is 0 Å². The molecule has 1 amide bonds. The highest BCUT2D eigenvalue weighted by molar-refractivity contribution is 5.76. The van der Waals surface area contributed by atoms with E-state index in [0.717, 1.165) is 12.8 Å². The molecule has 1 aromatic rings. The average Bonchev–Trinajstić information content (AvgIpc) is 3.08. The SMILES string of the molecule is NC(=O)C1CCN(C2C3OCC(O3)C(NCc3ccccc3)C2O)CC1. The summed E-state index contributed by atoms with van der Waals surface area (Å²) in [6, 6.07) is 9.70. The number of aliphatic hydroxyl groups excluding tert-OH is 1. The maximum atomic E-state index is 11.4. The van der Waals surface area contributed by atoms with Gasteiger partial charge in [-0.15, -0.1) is 0 Å². The standard InChI is InChI=1S/C19H27N3O4/c20-18(24)13-6-8-22(9-7-13)16-17(23)15(14-11-25-19(16)26-14)21-10-12-4-2-1-3-5-12/h1-5,13-17,19,21,23H,6-11H2,(H2,20,24). The molecule has 7 nitrogen and oxygen atoms in total. The van der Waals surface area contributed by atoms with Crippen LogP contribution in [0.5, 0.6) is 0 Å². The Kier molecular flexibility index (Phi) is 5.24. The van der Waals surface area contributed by atoms with Crippen molar-refractivity contribution in [2.45, 2.75) is 50.0 Å². The minimum Gasteiger partial charge on any atom is -0.390 e. The Bertz CT molecular complexity index is 620. The molecule has 3 aliphatic rings. The van der Waals surface area contributed by atoms with Gasteiger partial charge in [-0.05, 0) is 31.5 Å². The number of carbonyl (C=O) groups excluding carboxylic acids is 1. The Morgan fingerprint density at radius 3 is 2.69 bits per heavy atom. The van der Waals surface area contributed by atoms with E-state index in [-0.39, 0.29) is 30.0 Å². The van der Waals surface area contributed by atoms with Gasteiger partial charge in [0.1, 0.15) is 6.10 Å². The van der Waals surface area contributed by atoms with Crippen molar-refractivity contribution < 1.29 is 19.4 Å². The van der Waals surface area contributed by atoms with E-state index in [9.17, 15) is 9.90 Å². The van der Waals surface area contributed by atoms with Crippen LogP contribution in [0.4, 0.5) is 0 Å². The molecular formula is C19H27N3O4. The third-order valence-electron chi connectivity index (χ3n) is 5.87. The van der Waals surface area contributed by atoms with Crippen molar-refractivity contribution in [2.75, 3.05) is 19.7 Å². The van der Waals surface area contributed by atoms with Crippen molar-refractivity contribution in [3.8, 4) is 0 Å². The average molecular weight is 361 g/mol. The minimum atomic E-state index is -0.588. The fraction of sp³-hybridized carbons (Fsp3) is 0.632. The zero-order chi connectivity index (χ0) is 18.1. The van der Waals surface area contributed by atoms with E-state index >= 15 is 0 Å². The number of nitrogens with zero attached hydrogens (tertiary/aromatic N) is 1. The molecule has 3 fully saturated rings. The Labute approximate surface area is 153 Å². The second-order valence-corrected chi connectivity index (χ2v) is 7.46. The molecule has 7 heteroatoms. The number of nitrogens with two attached hydrogens (primary N) is 1. The third-order valence-corrected chi connectivity index (χ3v) is 5.87. The summed E-state index contributed by atoms with van der Waals surface area (Å²) in [6.07, 6.45) is 0.302. The molecule has 3 aliphatic heterocycles. The zero-order valence-electron chi connectivity index (χ0n) is 14.8. The maximum Gasteiger partial charge on any atom is 0.220 e. The number of primary amides is 1. The molecule has 0 spiro atoms. The van der Waals surface area contributed by atoms with Gasteiger partial charge in [-0.1, -0.05) is 30.3 Å². The first-order valence-electron chi connectivity index (χ1n) is 9.39. The molecule has 26 heavy (non-hydrogen) atoms. The molecule has 0 aliphatic carbocycles. The molecular weight excluding hydrogens is 334 g/mol. The van der Waals surface area contributed by atoms with Gasteiger partial charge in [0.15, 0.2) is 6.29 Å². The Morgan fingerprint density at radius 2 is 2.00 bits per heavy atom. The summed E-state index contributed by atoms with van der Waals surface area (Å²) in [7, 11) is 0. The number of ether oxygens (including phenoxy) is 2. The van der Waals surface area contributed by atoms with Crippen molar-refractivity contribution in [2.24, 2.45) is 11.7 Å². The molecule has 3 saturated heterocycles. The first kappa shape index (κ1) is 17.9. The van der Waals surface area contributed by atoms with Crippen molar-refractivity contribution in [1.29, 1.82) is 0 Å². The second-order valence-electron chi connectivity index (χ2n) is 7.46. The first-order valence-corrected chi connectivity index (χ1v) is 9.39. The summed E-state index contributed by atoms with van der Waals surface area (Å²) < 4.78 is 11.8. The summed E-state index contributed by atoms with van der Waals surface area (Å²) in [5.41, 5.74) is 6.60. The molecule has 2 bridgehead atoms. The Hall–Kier alpha value is -1.51. The number of rotatable bonds is 5. The molecule has 4 N–H and O–H groups in total. The number of hydrogen-bond donors (Lipinski definition) is 3. The lowest BCUT2D eigenvalue weighted by Gasteiger charge is -2.46. The van der Waals surface area contributed by atoms with Gasteiger partial charge < -0.3 is 25.6 Å². The van der Waals surface area contributed by atoms with Crippen molar-refractivity contribution in [3.05, 3.63) is 35.9 Å². The smallest absolute Gasteiger partial charge is 0.220 e. The molecule has 5 unspecified atom stereocenters. The van der Waals surface area contributed by atoms with E-state index in [0.29, 0.717) is 26.2 Å². The van der Waals surface area contributed by atoms with Gasteiger partial charge in [0, 0.05) is 12.5 Å². The van der Waals surface area contributed by atoms with Crippen LogP contribution in [0.1, 0.15) is 18.4 Å². The van der Waals surface area contributed by atoms with Gasteiger partial charge in [-0.3, -0.25) is 9.69 Å². The zero-order valence-corrected chi connectivity index (χ0v) is 14.8. The number of nitrogens with one attached hydrogen (secondary N) is 1. The Balaban J connectivity index is 1.42. The summed E-state index contributed by atoms with van der Waals surface area (Å²) in [5.74, 6) is -0.304. The van der Waals surface area contributed by atoms with Gasteiger partial charge in [0.2, 0.25) is 5.91 Å². The van der Waals surface area contributed by atoms with E-state index in [2.05, 4.69) is 22.3 Å². The molecule has 0 radical (unpaired) electrons. The predicted molar refractivity (Wildman–Crippen MR) is 95.0 cm³/mol. The fourth-order valence-electron chi connectivity index (χ4n) is 4.36. The summed E-state index contributed by atoms with van der Waals surface area (Å²) >= 11 is 0. The molecule has 4 rings (SSSR count). The number of fused-ring (bicyclic) bond motifs is 2. The lowest BCUT2D eigenvalue weighted by atomic mass is 9.90. The lowest BCUT2D eigenvalue weighted by Crippen LogP contribution is -2.65. The number of likely N-dealkylation sites (tertiary alicyclic amines) is 1. The van der Waals surface area contributed by atoms with E-state index in [1.54, 1.807) is 0 Å². The molecule has 142 valence electrons. The normalized spacial score (nSPS) is 35.5. The third kappa shape index (κ3) is 3.50. The van der Waals surface area contributed by atoms with Gasteiger partial charge in [-0.2, -0.15) is 0 Å². The van der Waals surface area contributed by atoms with Crippen LogP contribution in [0.25, 0.3) is 0 Å². The predicted octanol–water partition coefficient (Wildman–Crippen LogP) is -0.173. The van der Waals surface area contributed by atoms with Gasteiger partial charge in [-0.25, -0.2) is 0 Å². The van der Waals surface area contributed by atoms with Gasteiger partial charge >= 0.3 is 0 Å². The lowest BCUT2D eigenvalue weighted by molar-refractivity contribution is -0.186. The molecule has 3 heterocycles. The highest BCUT2D eigenvalue weighted by Gasteiger charge is 2.52. The number of amides is 1. The number of aliphatic hydroxyl groups is 1. The Morgan fingerprint density at radius 1 is 1.27 bits per heavy atom. The van der Waals surface area contributed by atoms with Crippen LogP contribution in [-0.2, 0) is 20.8 Å². The van der Waals surface area contributed by atoms with E-state index in [4.69, 9.17) is 15.2 Å². The van der Waals surface area contributed by atoms with Crippen LogP contribution in [0.2, 0.25) is 0 Å². The highest BCUT2D eigenvalue weighted by atomic mass is 16.7. The van der Waals surface area contributed by atoms with Crippen LogP contribution in [0, 0.1) is 5.92 Å². The number of piperidine rings is 1. The van der Waals surface area contributed by atoms with Crippen LogP contribution < -0.4 is 11.1 Å². The van der Waals surface area contributed by atoms with Gasteiger partial charge in [0.05, 0.1) is 24.8 Å². The van der Waals surface area contributed by atoms with E-state index in [1.165, 1.54) is 5.56 Å². The molecule has 0 saturated carbocycles. The topological polar surface area (TPSA) is 97.1 Å². The van der Waals surface area contributed by atoms with Crippen LogP contribution in [-0.4, -0.2) is 66.2 Å². The maximum absolute atomic E-state index is 11.4. The number of hydrogen-bond acceptors (Lipinski definition) is 6. The number of carbonyl (C=O) groups is 1. The summed E-state index contributed by atoms with van der Waals surface area (Å²) in [5, 5.41) is 14.5. The van der Waals surface area contributed by atoms with Crippen molar-refractivity contribution in [1.82, 2.24) is 10.2 Å². The monoisotopic (exact) mass is 361 g/mol. The molecule has 5 atom stereocenters. The largest absolute Gasteiger partial charge is 0.390 e. The fourth-order valence-corrected chi connectivity index (χ4v) is 4.36. The minimum absolute atomic E-state index is 0.0721. The van der Waals surface area contributed by atoms with Crippen molar-refractivity contribution in [3.63, 3.8) is 0 Å². The molecule has 1 aromatic carbocycles. The van der Waals surface area contributed by atoms with Crippen LogP contribution in [0.15, 0.2) is 30.3 Å². The second kappa shape index (κ2) is 7.62. The number of benzene rings is 1. The van der Waals surface area contributed by atoms with Crippen LogP contribution in [0.3, 0.4) is 0 Å². The van der Waals surface area contributed by atoms with E-state index < -0.39 is 12.4 Å². The quantitative estimate of drug-likeness (QED) is 0.674. The van der Waals surface area contributed by atoms with Crippen LogP contribution >= 0.6 is 0 Å². The first-order chi connectivity index (χ1) is 12.6. The summed E-state index contributed by atoms with van der Waals surface area (Å²) in [6.45, 7) is 2.59. The van der Waals surface area contributed by atoms with Crippen molar-refractivity contribution >= 4 is 5.91 Å². The highest BCUT2D eigenvalue weighted by Crippen LogP contribution is 2.33. The van der Waals surface area contributed by atoms with E-state index in [1.807, 2.05) is 18.2 Å². The summed E-state index contributed by atoms with van der Waals surface area (Å²) in [4.78, 5) is 13.6. The molecule has 0 aromatic heterocycles.